The molecule has 8 atom stereocenters. The first-order valence-electron chi connectivity index (χ1n) is 12.7. The highest BCUT2D eigenvalue weighted by atomic mass is 16.5. The highest BCUT2D eigenvalue weighted by Crippen LogP contribution is 2.65. The summed E-state index contributed by atoms with van der Waals surface area (Å²) in [5, 5.41) is 0. The zero-order chi connectivity index (χ0) is 23.4. The van der Waals surface area contributed by atoms with Crippen LogP contribution in [0, 0.1) is 34.5 Å². The fourth-order valence-corrected chi connectivity index (χ4v) is 8.15. The van der Waals surface area contributed by atoms with Gasteiger partial charge in [-0.15, -0.1) is 0 Å². The standard InChI is InChI=1S/C28H36O5/c1-17(29)32-20-11-13-27(2)19(15-20)16-23(30)25-21-9-10-24(28(21,3)14-12-22(25)27)33-26(31)18-7-5-4-6-8-18/h4-8,19-22,24-25H,9-16H2,1-3H3/t19-,20+,21+,22+,24-,25-,27+,28+/m0/s1. The third kappa shape index (κ3) is 3.72. The van der Waals surface area contributed by atoms with Gasteiger partial charge in [-0.25, -0.2) is 4.79 Å². The van der Waals surface area contributed by atoms with E-state index < -0.39 is 0 Å². The monoisotopic (exact) mass is 452 g/mol. The van der Waals surface area contributed by atoms with E-state index in [0.717, 1.165) is 44.9 Å². The molecule has 5 heteroatoms. The molecule has 0 heterocycles. The van der Waals surface area contributed by atoms with Crippen LogP contribution in [0.3, 0.4) is 0 Å². The molecule has 4 aliphatic carbocycles. The van der Waals surface area contributed by atoms with Gasteiger partial charge in [-0.2, -0.15) is 0 Å². The van der Waals surface area contributed by atoms with E-state index in [1.807, 2.05) is 18.2 Å². The molecule has 0 amide bonds. The quantitative estimate of drug-likeness (QED) is 0.577. The van der Waals surface area contributed by atoms with Crippen molar-refractivity contribution in [3.8, 4) is 0 Å². The summed E-state index contributed by atoms with van der Waals surface area (Å²) in [6.07, 6.45) is 6.92. The van der Waals surface area contributed by atoms with E-state index >= 15 is 0 Å². The molecule has 4 fully saturated rings. The Kier molecular flexibility index (Phi) is 5.65. The Labute approximate surface area is 196 Å². The number of carbonyl (C=O) groups excluding carboxylic acids is 3. The van der Waals surface area contributed by atoms with Gasteiger partial charge < -0.3 is 9.47 Å². The van der Waals surface area contributed by atoms with E-state index in [9.17, 15) is 14.4 Å². The molecule has 4 aliphatic rings. The number of ether oxygens (including phenoxy) is 2. The van der Waals surface area contributed by atoms with E-state index in [2.05, 4.69) is 13.8 Å². The van der Waals surface area contributed by atoms with E-state index in [-0.39, 0.29) is 46.8 Å². The molecular weight excluding hydrogens is 416 g/mol. The van der Waals surface area contributed by atoms with Crippen molar-refractivity contribution in [2.24, 2.45) is 34.5 Å². The van der Waals surface area contributed by atoms with Crippen LogP contribution in [0.4, 0.5) is 0 Å². The lowest BCUT2D eigenvalue weighted by molar-refractivity contribution is -0.168. The van der Waals surface area contributed by atoms with Gasteiger partial charge >= 0.3 is 11.9 Å². The van der Waals surface area contributed by atoms with Gasteiger partial charge in [0.05, 0.1) is 5.56 Å². The second-order valence-corrected chi connectivity index (χ2v) is 11.5. The number of Topliss-reactive ketones (excluding diaryl/α,β-unsaturated/α-hetero) is 1. The molecule has 5 rings (SSSR count). The molecule has 0 bridgehead atoms. The molecule has 4 saturated carbocycles. The van der Waals surface area contributed by atoms with Gasteiger partial charge in [-0.05, 0) is 80.2 Å². The molecule has 178 valence electrons. The van der Waals surface area contributed by atoms with Gasteiger partial charge in [0.1, 0.15) is 18.0 Å². The maximum absolute atomic E-state index is 13.6. The number of fused-ring (bicyclic) bond motifs is 5. The fraction of sp³-hybridized carbons (Fsp3) is 0.679. The number of ketones is 1. The van der Waals surface area contributed by atoms with Crippen molar-refractivity contribution < 1.29 is 23.9 Å². The third-order valence-corrected chi connectivity index (χ3v) is 9.93. The normalized spacial score (nSPS) is 42.0. The minimum Gasteiger partial charge on any atom is -0.463 e. The smallest absolute Gasteiger partial charge is 0.338 e. The highest BCUT2D eigenvalue weighted by Gasteiger charge is 2.63. The van der Waals surface area contributed by atoms with Crippen molar-refractivity contribution in [2.75, 3.05) is 0 Å². The van der Waals surface area contributed by atoms with E-state index in [1.165, 1.54) is 6.92 Å². The number of esters is 2. The first-order chi connectivity index (χ1) is 15.7. The number of benzene rings is 1. The Balaban J connectivity index is 1.34. The number of hydrogen-bond donors (Lipinski definition) is 0. The van der Waals surface area contributed by atoms with Gasteiger partial charge in [-0.1, -0.05) is 32.0 Å². The summed E-state index contributed by atoms with van der Waals surface area (Å²) >= 11 is 0. The van der Waals surface area contributed by atoms with Gasteiger partial charge in [0.2, 0.25) is 0 Å². The summed E-state index contributed by atoms with van der Waals surface area (Å²) in [5.41, 5.74) is 0.571. The van der Waals surface area contributed by atoms with Crippen molar-refractivity contribution in [3.63, 3.8) is 0 Å². The van der Waals surface area contributed by atoms with Crippen molar-refractivity contribution in [3.05, 3.63) is 35.9 Å². The molecule has 0 saturated heterocycles. The highest BCUT2D eigenvalue weighted by molar-refractivity contribution is 5.89. The molecule has 5 nitrogen and oxygen atoms in total. The Morgan fingerprint density at radius 1 is 0.909 bits per heavy atom. The summed E-state index contributed by atoms with van der Waals surface area (Å²) < 4.78 is 11.6. The molecule has 0 unspecified atom stereocenters. The summed E-state index contributed by atoms with van der Waals surface area (Å²) in [6.45, 7) is 6.11. The van der Waals surface area contributed by atoms with Crippen molar-refractivity contribution in [1.29, 1.82) is 0 Å². The lowest BCUT2D eigenvalue weighted by Gasteiger charge is -2.59. The van der Waals surface area contributed by atoms with Crippen LogP contribution in [0.5, 0.6) is 0 Å². The third-order valence-electron chi connectivity index (χ3n) is 9.93. The molecule has 0 aliphatic heterocycles. The summed E-state index contributed by atoms with van der Waals surface area (Å²) in [7, 11) is 0. The Hall–Kier alpha value is -2.17. The maximum atomic E-state index is 13.6. The molecule has 0 aromatic heterocycles. The van der Waals surface area contributed by atoms with Crippen LogP contribution in [-0.2, 0) is 19.1 Å². The van der Waals surface area contributed by atoms with Gasteiger partial charge in [-0.3, -0.25) is 9.59 Å². The minimum atomic E-state index is -0.254. The SMILES string of the molecule is CC(=O)O[C@@H]1CC[C@]2(C)[C@H](CC(=O)[C@H]3[C@H]4CC[C@H](OC(=O)c5ccccc5)[C@]4(C)CC[C@H]32)C1. The predicted octanol–water partition coefficient (Wildman–Crippen LogP) is 5.37. The van der Waals surface area contributed by atoms with Gasteiger partial charge in [0.25, 0.3) is 0 Å². The molecule has 33 heavy (non-hydrogen) atoms. The van der Waals surface area contributed by atoms with Crippen molar-refractivity contribution >= 4 is 17.7 Å². The second kappa shape index (κ2) is 8.25. The van der Waals surface area contributed by atoms with E-state index in [1.54, 1.807) is 12.1 Å². The van der Waals surface area contributed by atoms with Crippen LogP contribution in [-0.4, -0.2) is 29.9 Å². The molecule has 1 aromatic carbocycles. The average Bonchev–Trinajstić information content (AvgIpc) is 3.11. The van der Waals surface area contributed by atoms with Crippen LogP contribution in [0.15, 0.2) is 30.3 Å². The van der Waals surface area contributed by atoms with Crippen molar-refractivity contribution in [2.45, 2.75) is 84.3 Å². The van der Waals surface area contributed by atoms with Gasteiger partial charge in [0, 0.05) is 24.7 Å². The summed E-state index contributed by atoms with van der Waals surface area (Å²) in [5.74, 6) is 0.925. The fourth-order valence-electron chi connectivity index (χ4n) is 8.15. The van der Waals surface area contributed by atoms with Gasteiger partial charge in [0.15, 0.2) is 0 Å². The lowest BCUT2D eigenvalue weighted by Crippen LogP contribution is -2.58. The largest absolute Gasteiger partial charge is 0.463 e. The number of carbonyl (C=O) groups is 3. The molecular formula is C28H36O5. The van der Waals surface area contributed by atoms with Crippen molar-refractivity contribution in [1.82, 2.24) is 0 Å². The predicted molar refractivity (Wildman–Crippen MR) is 123 cm³/mol. The lowest BCUT2D eigenvalue weighted by atomic mass is 9.45. The van der Waals surface area contributed by atoms with Crippen LogP contribution >= 0.6 is 0 Å². The zero-order valence-electron chi connectivity index (χ0n) is 20.0. The summed E-state index contributed by atoms with van der Waals surface area (Å²) in [6, 6.07) is 9.20. The minimum absolute atomic E-state index is 0.0490. The Bertz CT molecular complexity index is 941. The topological polar surface area (TPSA) is 69.7 Å². The van der Waals surface area contributed by atoms with Crippen LogP contribution in [0.2, 0.25) is 0 Å². The molecule has 0 spiro atoms. The number of hydrogen-bond acceptors (Lipinski definition) is 5. The Morgan fingerprint density at radius 3 is 2.33 bits per heavy atom. The molecule has 0 radical (unpaired) electrons. The van der Waals surface area contributed by atoms with Crippen LogP contribution < -0.4 is 0 Å². The molecule has 1 aromatic rings. The first-order valence-corrected chi connectivity index (χ1v) is 12.7. The first kappa shape index (κ1) is 22.6. The average molecular weight is 453 g/mol. The maximum Gasteiger partial charge on any atom is 0.338 e. The molecule has 0 N–H and O–H groups in total. The second-order valence-electron chi connectivity index (χ2n) is 11.5. The van der Waals surface area contributed by atoms with E-state index in [4.69, 9.17) is 9.47 Å². The number of rotatable bonds is 3. The van der Waals surface area contributed by atoms with Crippen LogP contribution in [0.25, 0.3) is 0 Å². The summed E-state index contributed by atoms with van der Waals surface area (Å²) in [4.78, 5) is 37.8. The van der Waals surface area contributed by atoms with Crippen LogP contribution in [0.1, 0.15) is 82.5 Å². The van der Waals surface area contributed by atoms with E-state index in [0.29, 0.717) is 29.6 Å². The zero-order valence-corrected chi connectivity index (χ0v) is 20.0. The Morgan fingerprint density at radius 2 is 1.61 bits per heavy atom.